The van der Waals surface area contributed by atoms with Gasteiger partial charge in [0.25, 0.3) is 0 Å². The lowest BCUT2D eigenvalue weighted by atomic mass is 10.1. The summed E-state index contributed by atoms with van der Waals surface area (Å²) >= 11 is 6.29. The highest BCUT2D eigenvalue weighted by molar-refractivity contribution is 6.20. The van der Waals surface area contributed by atoms with Crippen molar-refractivity contribution in [2.75, 3.05) is 0 Å². The van der Waals surface area contributed by atoms with Crippen molar-refractivity contribution < 1.29 is 0 Å². The van der Waals surface area contributed by atoms with Crippen LogP contribution in [0.5, 0.6) is 0 Å². The number of fused-ring (bicyclic) bond motifs is 1. The first-order valence-corrected chi connectivity index (χ1v) is 7.53. The van der Waals surface area contributed by atoms with E-state index in [1.54, 1.807) is 0 Å². The van der Waals surface area contributed by atoms with Gasteiger partial charge >= 0.3 is 0 Å². The van der Waals surface area contributed by atoms with Crippen LogP contribution in [0.2, 0.25) is 0 Å². The molecule has 0 bridgehead atoms. The second-order valence-corrected chi connectivity index (χ2v) is 6.50. The second-order valence-electron chi connectivity index (χ2n) is 5.85. The monoisotopic (exact) mass is 277 g/mol. The van der Waals surface area contributed by atoms with Crippen molar-refractivity contribution in [2.24, 2.45) is 11.8 Å². The molecule has 3 atom stereocenters. The van der Waals surface area contributed by atoms with Crippen LogP contribution in [0.3, 0.4) is 0 Å². The van der Waals surface area contributed by atoms with E-state index in [0.29, 0.717) is 0 Å². The third-order valence-corrected chi connectivity index (χ3v) is 4.38. The molecule has 3 nitrogen and oxygen atoms in total. The normalized spacial score (nSPS) is 25.0. The fourth-order valence-electron chi connectivity index (χ4n) is 3.24. The van der Waals surface area contributed by atoms with Crippen molar-refractivity contribution in [3.63, 3.8) is 0 Å². The maximum atomic E-state index is 6.29. The Morgan fingerprint density at radius 3 is 3.00 bits per heavy atom. The Labute approximate surface area is 119 Å². The van der Waals surface area contributed by atoms with Gasteiger partial charge in [-0.15, -0.1) is 11.6 Å². The molecular formula is C15H20ClN3. The molecule has 1 saturated carbocycles. The Morgan fingerprint density at radius 2 is 2.32 bits per heavy atom. The zero-order valence-corrected chi connectivity index (χ0v) is 12.3. The first kappa shape index (κ1) is 12.9. The van der Waals surface area contributed by atoms with Gasteiger partial charge in [0.05, 0.1) is 17.1 Å². The van der Waals surface area contributed by atoms with Crippen molar-refractivity contribution in [3.8, 4) is 0 Å². The highest BCUT2D eigenvalue weighted by atomic mass is 35.5. The molecule has 1 aliphatic carbocycles. The molecule has 2 heterocycles. The average molecular weight is 278 g/mol. The largest absolute Gasteiger partial charge is 0.326 e. The zero-order chi connectivity index (χ0) is 13.4. The summed E-state index contributed by atoms with van der Waals surface area (Å²) in [6, 6.07) is 2.05. The topological polar surface area (TPSA) is 30.7 Å². The van der Waals surface area contributed by atoms with E-state index in [9.17, 15) is 0 Å². The lowest BCUT2D eigenvalue weighted by Gasteiger charge is -2.15. The fourth-order valence-corrected chi connectivity index (χ4v) is 3.41. The summed E-state index contributed by atoms with van der Waals surface area (Å²) in [6.07, 6.45) is 7.65. The molecule has 0 aromatic carbocycles. The summed E-state index contributed by atoms with van der Waals surface area (Å²) in [5.41, 5.74) is 2.12. The molecule has 0 saturated heterocycles. The zero-order valence-electron chi connectivity index (χ0n) is 11.5. The highest BCUT2D eigenvalue weighted by Crippen LogP contribution is 2.33. The molecule has 0 amide bonds. The Bertz CT molecular complexity index is 576. The Kier molecular flexibility index (Phi) is 3.48. The van der Waals surface area contributed by atoms with Gasteiger partial charge < -0.3 is 4.57 Å². The van der Waals surface area contributed by atoms with E-state index in [1.807, 2.05) is 25.4 Å². The summed E-state index contributed by atoms with van der Waals surface area (Å²) in [4.78, 5) is 8.79. The maximum Gasteiger partial charge on any atom is 0.127 e. The maximum absolute atomic E-state index is 6.29. The first-order valence-electron chi connectivity index (χ1n) is 7.09. The summed E-state index contributed by atoms with van der Waals surface area (Å²) in [6.45, 7) is 5.38. The van der Waals surface area contributed by atoms with E-state index in [2.05, 4.69) is 21.5 Å². The van der Waals surface area contributed by atoms with E-state index in [-0.39, 0.29) is 5.38 Å². The SMILES string of the molecule is CC1CCC(Cn2c(C(C)Cl)nc3cnccc32)C1. The van der Waals surface area contributed by atoms with Gasteiger partial charge in [-0.05, 0) is 37.7 Å². The van der Waals surface area contributed by atoms with Crippen LogP contribution in [0.1, 0.15) is 44.3 Å². The van der Waals surface area contributed by atoms with Crippen LogP contribution in [0.25, 0.3) is 11.0 Å². The molecule has 4 heteroatoms. The molecule has 1 aliphatic rings. The van der Waals surface area contributed by atoms with Crippen LogP contribution in [0, 0.1) is 11.8 Å². The summed E-state index contributed by atoms with van der Waals surface area (Å²) in [5, 5.41) is -0.0637. The minimum Gasteiger partial charge on any atom is -0.326 e. The first-order chi connectivity index (χ1) is 9.15. The van der Waals surface area contributed by atoms with Gasteiger partial charge in [-0.2, -0.15) is 0 Å². The van der Waals surface area contributed by atoms with Crippen LogP contribution in [-0.2, 0) is 6.54 Å². The quantitative estimate of drug-likeness (QED) is 0.789. The number of pyridine rings is 1. The fraction of sp³-hybridized carbons (Fsp3) is 0.600. The van der Waals surface area contributed by atoms with Gasteiger partial charge in [-0.1, -0.05) is 13.3 Å². The number of rotatable bonds is 3. The molecule has 3 rings (SSSR count). The number of aromatic nitrogens is 3. The molecule has 3 unspecified atom stereocenters. The van der Waals surface area contributed by atoms with Crippen LogP contribution >= 0.6 is 11.6 Å². The molecule has 0 N–H and O–H groups in total. The van der Waals surface area contributed by atoms with Gasteiger partial charge in [0.2, 0.25) is 0 Å². The Balaban J connectivity index is 1.98. The molecule has 0 radical (unpaired) electrons. The number of imidazole rings is 1. The summed E-state index contributed by atoms with van der Waals surface area (Å²) in [5.74, 6) is 2.59. The minimum atomic E-state index is -0.0637. The van der Waals surface area contributed by atoms with E-state index in [1.165, 1.54) is 19.3 Å². The number of hydrogen-bond acceptors (Lipinski definition) is 2. The van der Waals surface area contributed by atoms with Crippen LogP contribution in [0.4, 0.5) is 0 Å². The van der Waals surface area contributed by atoms with Crippen molar-refractivity contribution in [3.05, 3.63) is 24.3 Å². The van der Waals surface area contributed by atoms with Crippen LogP contribution in [-0.4, -0.2) is 14.5 Å². The third kappa shape index (κ3) is 2.48. The molecule has 2 aromatic rings. The predicted molar refractivity (Wildman–Crippen MR) is 78.3 cm³/mol. The van der Waals surface area contributed by atoms with Gasteiger partial charge in [-0.25, -0.2) is 4.98 Å². The van der Waals surface area contributed by atoms with Crippen molar-refractivity contribution in [2.45, 2.75) is 45.0 Å². The van der Waals surface area contributed by atoms with Crippen molar-refractivity contribution in [1.29, 1.82) is 0 Å². The Morgan fingerprint density at radius 1 is 1.47 bits per heavy atom. The van der Waals surface area contributed by atoms with Crippen LogP contribution in [0.15, 0.2) is 18.5 Å². The van der Waals surface area contributed by atoms with Crippen LogP contribution < -0.4 is 0 Å². The van der Waals surface area contributed by atoms with Crippen molar-refractivity contribution >= 4 is 22.6 Å². The minimum absolute atomic E-state index is 0.0637. The molecule has 1 fully saturated rings. The summed E-state index contributed by atoms with van der Waals surface area (Å²) < 4.78 is 2.30. The predicted octanol–water partition coefficient (Wildman–Crippen LogP) is 4.17. The molecule has 102 valence electrons. The number of hydrogen-bond donors (Lipinski definition) is 0. The third-order valence-electron chi connectivity index (χ3n) is 4.18. The van der Waals surface area contributed by atoms with E-state index in [4.69, 9.17) is 11.6 Å². The van der Waals surface area contributed by atoms with E-state index >= 15 is 0 Å². The van der Waals surface area contributed by atoms with Gasteiger partial charge in [0.15, 0.2) is 0 Å². The molecule has 0 aliphatic heterocycles. The number of alkyl halides is 1. The van der Waals surface area contributed by atoms with Gasteiger partial charge in [-0.3, -0.25) is 4.98 Å². The highest BCUT2D eigenvalue weighted by Gasteiger charge is 2.24. The summed E-state index contributed by atoms with van der Waals surface area (Å²) in [7, 11) is 0. The van der Waals surface area contributed by atoms with Gasteiger partial charge in [0.1, 0.15) is 11.3 Å². The molecule has 19 heavy (non-hydrogen) atoms. The van der Waals surface area contributed by atoms with Gasteiger partial charge in [0, 0.05) is 12.7 Å². The van der Waals surface area contributed by atoms with E-state index in [0.717, 1.165) is 35.2 Å². The number of nitrogens with zero attached hydrogens (tertiary/aromatic N) is 3. The van der Waals surface area contributed by atoms with E-state index < -0.39 is 0 Å². The molecular weight excluding hydrogens is 258 g/mol. The standard InChI is InChI=1S/C15H20ClN3/c1-10-3-4-12(7-10)9-19-14-5-6-17-8-13(14)18-15(19)11(2)16/h5-6,8,10-12H,3-4,7,9H2,1-2H3. The lowest BCUT2D eigenvalue weighted by molar-refractivity contribution is 0.438. The average Bonchev–Trinajstić information content (AvgIpc) is 2.95. The number of halogens is 1. The second kappa shape index (κ2) is 5.12. The smallest absolute Gasteiger partial charge is 0.127 e. The molecule has 2 aromatic heterocycles. The van der Waals surface area contributed by atoms with Crippen molar-refractivity contribution in [1.82, 2.24) is 14.5 Å². The Hall–Kier alpha value is -1.09. The lowest BCUT2D eigenvalue weighted by Crippen LogP contribution is -2.11. The molecule has 0 spiro atoms.